The molecule has 2 saturated heterocycles. The van der Waals surface area contributed by atoms with Crippen LogP contribution in [0.15, 0.2) is 36.8 Å². The first-order valence-corrected chi connectivity index (χ1v) is 13.5. The van der Waals surface area contributed by atoms with Gasteiger partial charge in [0.1, 0.15) is 12.0 Å². The number of halogens is 2. The van der Waals surface area contributed by atoms with Crippen molar-refractivity contribution in [3.8, 4) is 0 Å². The van der Waals surface area contributed by atoms with Crippen LogP contribution in [0.5, 0.6) is 0 Å². The number of anilines is 1. The van der Waals surface area contributed by atoms with Gasteiger partial charge in [-0.1, -0.05) is 18.5 Å². The Morgan fingerprint density at radius 2 is 2.00 bits per heavy atom. The van der Waals surface area contributed by atoms with Crippen molar-refractivity contribution in [3.05, 3.63) is 52.9 Å². The van der Waals surface area contributed by atoms with Gasteiger partial charge in [0.05, 0.1) is 24.9 Å². The second-order valence-electron chi connectivity index (χ2n) is 11.2. The first-order valence-electron chi connectivity index (χ1n) is 13.1. The second kappa shape index (κ2) is 9.33. The maximum absolute atomic E-state index is 14.5. The molecule has 1 saturated carbocycles. The molecule has 9 heteroatoms. The molecule has 5 atom stereocenters. The Morgan fingerprint density at radius 3 is 2.68 bits per heavy atom. The van der Waals surface area contributed by atoms with E-state index < -0.39 is 11.7 Å². The molecule has 196 valence electrons. The Labute approximate surface area is 221 Å². The van der Waals surface area contributed by atoms with Gasteiger partial charge in [-0.15, -0.1) is 0 Å². The highest BCUT2D eigenvalue weighted by Gasteiger charge is 2.53. The number of piperidine rings is 1. The number of carbonyl (C=O) groups is 1. The largest absolute Gasteiger partial charge is 0.376 e. The third-order valence-corrected chi connectivity index (χ3v) is 9.20. The van der Waals surface area contributed by atoms with Crippen LogP contribution in [0.4, 0.5) is 10.2 Å². The normalized spacial score (nSPS) is 30.6. The predicted molar refractivity (Wildman–Crippen MR) is 142 cm³/mol. The van der Waals surface area contributed by atoms with Crippen LogP contribution in [0.2, 0.25) is 5.02 Å². The van der Waals surface area contributed by atoms with Gasteiger partial charge < -0.3 is 10.1 Å². The minimum Gasteiger partial charge on any atom is -0.376 e. The Kier molecular flexibility index (Phi) is 6.24. The molecule has 1 amide bonds. The second-order valence-corrected chi connectivity index (χ2v) is 11.6. The van der Waals surface area contributed by atoms with Crippen LogP contribution >= 0.6 is 11.6 Å². The first-order chi connectivity index (χ1) is 17.7. The van der Waals surface area contributed by atoms with E-state index in [0.717, 1.165) is 52.9 Å². The number of hydrogen-bond donors (Lipinski definition) is 1. The molecule has 1 aliphatic carbocycles. The third kappa shape index (κ3) is 4.43. The smallest absolute Gasteiger partial charge is 0.229 e. The summed E-state index contributed by atoms with van der Waals surface area (Å²) in [5, 5.41) is 9.94. The summed E-state index contributed by atoms with van der Waals surface area (Å²) in [6.07, 6.45) is 6.47. The molecule has 0 spiro atoms. The summed E-state index contributed by atoms with van der Waals surface area (Å²) in [7, 11) is 1.89. The van der Waals surface area contributed by atoms with Crippen molar-refractivity contribution in [1.82, 2.24) is 19.7 Å². The summed E-state index contributed by atoms with van der Waals surface area (Å²) in [6.45, 7) is 6.33. The van der Waals surface area contributed by atoms with E-state index in [1.165, 1.54) is 0 Å². The molecule has 0 unspecified atom stereocenters. The minimum absolute atomic E-state index is 0.00897. The standard InChI is InChI=1S/C28H33ClFN5O2/c1-16-25(20-12-32-34(3)13-20)26(16)27(36)33-24-10-18-8-21(22(29)9-19(18)11-31-24)17-4-6-35(7-5-17)28(2)15-37-14-23(28)30/h8-13,16-17,23,25-26H,4-7,14-15H2,1-3H3,(H,31,33,36)/t16-,23-,25-,26+,28+/m0/s1. The molecule has 1 aromatic carbocycles. The Bertz CT molecular complexity index is 1340. The number of benzene rings is 1. The first kappa shape index (κ1) is 24.8. The van der Waals surface area contributed by atoms with Crippen LogP contribution in [-0.2, 0) is 16.6 Å². The molecule has 37 heavy (non-hydrogen) atoms. The summed E-state index contributed by atoms with van der Waals surface area (Å²) in [5.41, 5.74) is 1.67. The molecule has 4 heterocycles. The van der Waals surface area contributed by atoms with E-state index in [1.54, 1.807) is 10.9 Å². The number of pyridine rings is 1. The van der Waals surface area contributed by atoms with E-state index in [1.807, 2.05) is 38.5 Å². The van der Waals surface area contributed by atoms with Crippen LogP contribution in [0, 0.1) is 11.8 Å². The SMILES string of the molecule is C[C@@H]1[C@@H](C(=O)Nc2cc3cc(C4CCN([C@]5(C)COC[C@@H]5F)CC4)c(Cl)cc3cn2)[C@@H]1c1cnn(C)c1. The van der Waals surface area contributed by atoms with Gasteiger partial charge >= 0.3 is 0 Å². The minimum atomic E-state index is -0.951. The number of nitrogens with zero attached hydrogens (tertiary/aromatic N) is 4. The zero-order valence-corrected chi connectivity index (χ0v) is 22.2. The monoisotopic (exact) mass is 525 g/mol. The van der Waals surface area contributed by atoms with E-state index in [-0.39, 0.29) is 30.3 Å². The van der Waals surface area contributed by atoms with Crippen molar-refractivity contribution in [2.75, 3.05) is 31.6 Å². The average molecular weight is 526 g/mol. The molecule has 3 fully saturated rings. The summed E-state index contributed by atoms with van der Waals surface area (Å²) in [6, 6.07) is 6.02. The molecular formula is C28H33ClFN5O2. The lowest BCUT2D eigenvalue weighted by atomic mass is 9.85. The maximum Gasteiger partial charge on any atom is 0.229 e. The number of nitrogens with one attached hydrogen (secondary N) is 1. The summed E-state index contributed by atoms with van der Waals surface area (Å²) in [4.78, 5) is 19.7. The molecule has 3 aromatic rings. The average Bonchev–Trinajstić information content (AvgIpc) is 3.15. The van der Waals surface area contributed by atoms with Crippen LogP contribution in [-0.4, -0.2) is 63.6 Å². The molecule has 6 rings (SSSR count). The summed E-state index contributed by atoms with van der Waals surface area (Å²) >= 11 is 6.72. The van der Waals surface area contributed by atoms with Crippen molar-refractivity contribution in [2.24, 2.45) is 18.9 Å². The van der Waals surface area contributed by atoms with E-state index in [4.69, 9.17) is 16.3 Å². The highest BCUT2D eigenvalue weighted by Crippen LogP contribution is 2.54. The zero-order chi connectivity index (χ0) is 25.9. The highest BCUT2D eigenvalue weighted by atomic mass is 35.5. The van der Waals surface area contributed by atoms with Gasteiger partial charge in [0.15, 0.2) is 0 Å². The van der Waals surface area contributed by atoms with E-state index in [2.05, 4.69) is 33.3 Å². The van der Waals surface area contributed by atoms with Gasteiger partial charge in [-0.3, -0.25) is 14.4 Å². The fourth-order valence-corrected chi connectivity index (χ4v) is 6.72. The van der Waals surface area contributed by atoms with Gasteiger partial charge in [-0.2, -0.15) is 5.10 Å². The molecule has 2 aliphatic heterocycles. The number of amides is 1. The topological polar surface area (TPSA) is 72.3 Å². The zero-order valence-electron chi connectivity index (χ0n) is 21.5. The van der Waals surface area contributed by atoms with Gasteiger partial charge in [0.25, 0.3) is 0 Å². The van der Waals surface area contributed by atoms with Crippen LogP contribution < -0.4 is 5.32 Å². The summed E-state index contributed by atoms with van der Waals surface area (Å²) in [5.74, 6) is 1.22. The number of ether oxygens (including phenoxy) is 1. The number of carbonyl (C=O) groups excluding carboxylic acids is 1. The van der Waals surface area contributed by atoms with Crippen molar-refractivity contribution in [1.29, 1.82) is 0 Å². The van der Waals surface area contributed by atoms with Crippen molar-refractivity contribution >= 4 is 34.1 Å². The number of aromatic nitrogens is 3. The lowest BCUT2D eigenvalue weighted by Gasteiger charge is -2.43. The molecule has 0 bridgehead atoms. The molecule has 1 N–H and O–H groups in total. The highest BCUT2D eigenvalue weighted by molar-refractivity contribution is 6.32. The predicted octanol–water partition coefficient (Wildman–Crippen LogP) is 4.92. The van der Waals surface area contributed by atoms with Crippen LogP contribution in [0.25, 0.3) is 10.8 Å². The van der Waals surface area contributed by atoms with Crippen molar-refractivity contribution in [2.45, 2.75) is 50.2 Å². The molecular weight excluding hydrogens is 493 g/mol. The van der Waals surface area contributed by atoms with Crippen LogP contribution in [0.1, 0.15) is 49.7 Å². The number of fused-ring (bicyclic) bond motifs is 1. The quantitative estimate of drug-likeness (QED) is 0.512. The van der Waals surface area contributed by atoms with Gasteiger partial charge in [0.2, 0.25) is 5.91 Å². The van der Waals surface area contributed by atoms with E-state index >= 15 is 0 Å². The Morgan fingerprint density at radius 1 is 1.22 bits per heavy atom. The van der Waals surface area contributed by atoms with E-state index in [0.29, 0.717) is 18.3 Å². The Balaban J connectivity index is 1.16. The fourth-order valence-electron chi connectivity index (χ4n) is 6.39. The molecule has 0 radical (unpaired) electrons. The lowest BCUT2D eigenvalue weighted by molar-refractivity contribution is -0.117. The number of rotatable bonds is 5. The van der Waals surface area contributed by atoms with Crippen LogP contribution in [0.3, 0.4) is 0 Å². The third-order valence-electron chi connectivity index (χ3n) is 8.87. The van der Waals surface area contributed by atoms with Gasteiger partial charge in [-0.05, 0) is 79.4 Å². The van der Waals surface area contributed by atoms with Gasteiger partial charge in [-0.25, -0.2) is 9.37 Å². The van der Waals surface area contributed by atoms with Crippen molar-refractivity contribution in [3.63, 3.8) is 0 Å². The van der Waals surface area contributed by atoms with E-state index in [9.17, 15) is 9.18 Å². The number of likely N-dealkylation sites (tertiary alicyclic amines) is 1. The number of aryl methyl sites for hydroxylation is 1. The summed E-state index contributed by atoms with van der Waals surface area (Å²) < 4.78 is 21.7. The van der Waals surface area contributed by atoms with Crippen molar-refractivity contribution < 1.29 is 13.9 Å². The number of alkyl halides is 1. The van der Waals surface area contributed by atoms with Gasteiger partial charge in [0, 0.05) is 41.7 Å². The molecule has 7 nitrogen and oxygen atoms in total. The maximum atomic E-state index is 14.5. The Hall–Kier alpha value is -2.55. The lowest BCUT2D eigenvalue weighted by Crippen LogP contribution is -2.55. The fraction of sp³-hybridized carbons (Fsp3) is 0.536. The molecule has 3 aliphatic rings. The number of hydrogen-bond acceptors (Lipinski definition) is 5. The molecule has 2 aromatic heterocycles.